The number of aromatic amines is 1. The van der Waals surface area contributed by atoms with Gasteiger partial charge in [0, 0.05) is 35.7 Å². The number of allylic oxidation sites excluding steroid dienone is 1. The van der Waals surface area contributed by atoms with E-state index in [-0.39, 0.29) is 5.70 Å². The van der Waals surface area contributed by atoms with Crippen LogP contribution in [0.25, 0.3) is 17.0 Å². The van der Waals surface area contributed by atoms with Gasteiger partial charge in [0.05, 0.1) is 15.0 Å². The van der Waals surface area contributed by atoms with E-state index in [0.717, 1.165) is 10.9 Å². The van der Waals surface area contributed by atoms with Crippen LogP contribution in [0, 0.1) is 10.1 Å². The molecular formula is C11H8Cl2N2O2. The fraction of sp³-hybridized carbons (Fsp3) is 0.0909. The Hall–Kier alpha value is -1.52. The van der Waals surface area contributed by atoms with E-state index in [1.807, 2.05) is 0 Å². The molecule has 0 saturated heterocycles. The molecule has 0 amide bonds. The normalized spacial score (nSPS) is 12.1. The molecule has 0 aliphatic heterocycles. The van der Waals surface area contributed by atoms with Crippen LogP contribution in [-0.4, -0.2) is 9.91 Å². The molecule has 0 saturated carbocycles. The van der Waals surface area contributed by atoms with Crippen LogP contribution in [0.5, 0.6) is 0 Å². The molecule has 0 fully saturated rings. The second kappa shape index (κ2) is 4.39. The monoisotopic (exact) mass is 270 g/mol. The number of aromatic nitrogens is 1. The maximum atomic E-state index is 10.6. The van der Waals surface area contributed by atoms with Gasteiger partial charge in [-0.15, -0.1) is 0 Å². The smallest absolute Gasteiger partial charge is 0.243 e. The third kappa shape index (κ3) is 2.28. The molecule has 88 valence electrons. The number of benzene rings is 1. The number of fused-ring (bicyclic) bond motifs is 1. The summed E-state index contributed by atoms with van der Waals surface area (Å²) in [6, 6.07) is 3.38. The van der Waals surface area contributed by atoms with Gasteiger partial charge in [-0.3, -0.25) is 10.1 Å². The molecule has 17 heavy (non-hydrogen) atoms. The first-order valence-electron chi connectivity index (χ1n) is 4.78. The largest absolute Gasteiger partial charge is 0.361 e. The van der Waals surface area contributed by atoms with Gasteiger partial charge in [0.15, 0.2) is 0 Å². The second-order valence-electron chi connectivity index (χ2n) is 3.60. The van der Waals surface area contributed by atoms with E-state index < -0.39 is 4.92 Å². The first kappa shape index (κ1) is 12.0. The van der Waals surface area contributed by atoms with Crippen molar-refractivity contribution >= 4 is 40.2 Å². The van der Waals surface area contributed by atoms with E-state index in [4.69, 9.17) is 23.2 Å². The highest BCUT2D eigenvalue weighted by molar-refractivity contribution is 6.42. The Kier molecular flexibility index (Phi) is 3.09. The van der Waals surface area contributed by atoms with Gasteiger partial charge in [-0.25, -0.2) is 0 Å². The van der Waals surface area contributed by atoms with Gasteiger partial charge in [0.25, 0.3) is 0 Å². The summed E-state index contributed by atoms with van der Waals surface area (Å²) in [5.74, 6) is 0. The topological polar surface area (TPSA) is 58.9 Å². The molecule has 0 atom stereocenters. The van der Waals surface area contributed by atoms with Gasteiger partial charge in [0.2, 0.25) is 5.70 Å². The summed E-state index contributed by atoms with van der Waals surface area (Å²) in [5, 5.41) is 12.2. The van der Waals surface area contributed by atoms with Crippen molar-refractivity contribution in [3.63, 3.8) is 0 Å². The lowest BCUT2D eigenvalue weighted by Crippen LogP contribution is -1.92. The fourth-order valence-electron chi connectivity index (χ4n) is 1.54. The Morgan fingerprint density at radius 2 is 2.06 bits per heavy atom. The number of H-pyrrole nitrogens is 1. The first-order chi connectivity index (χ1) is 7.99. The van der Waals surface area contributed by atoms with Crippen molar-refractivity contribution in [3.05, 3.63) is 49.7 Å². The van der Waals surface area contributed by atoms with Gasteiger partial charge >= 0.3 is 0 Å². The summed E-state index contributed by atoms with van der Waals surface area (Å²) in [6.07, 6.45) is 3.17. The van der Waals surface area contributed by atoms with E-state index in [0.29, 0.717) is 15.6 Å². The molecule has 1 aromatic carbocycles. The van der Waals surface area contributed by atoms with Crippen LogP contribution in [-0.2, 0) is 0 Å². The van der Waals surface area contributed by atoms with Crippen molar-refractivity contribution in [2.24, 2.45) is 0 Å². The minimum atomic E-state index is -0.434. The molecule has 6 heteroatoms. The molecule has 1 N–H and O–H groups in total. The standard InChI is InChI=1S/C11H8Cl2N2O2/c1-6(15(16)17)2-7-5-14-11-4-10(13)9(12)3-8(7)11/h2-5,14H,1H3/b6-2+. The van der Waals surface area contributed by atoms with Gasteiger partial charge in [-0.1, -0.05) is 23.2 Å². The van der Waals surface area contributed by atoms with Crippen LogP contribution in [0.2, 0.25) is 10.0 Å². The number of halogens is 2. The highest BCUT2D eigenvalue weighted by Gasteiger charge is 2.09. The second-order valence-corrected chi connectivity index (χ2v) is 4.41. The Balaban J connectivity index is 2.61. The number of nitro groups is 1. The molecule has 0 unspecified atom stereocenters. The van der Waals surface area contributed by atoms with E-state index in [1.54, 1.807) is 18.3 Å². The van der Waals surface area contributed by atoms with E-state index in [1.165, 1.54) is 13.0 Å². The van der Waals surface area contributed by atoms with Crippen LogP contribution < -0.4 is 0 Å². The van der Waals surface area contributed by atoms with E-state index in [9.17, 15) is 10.1 Å². The SMILES string of the molecule is C/C(=C\c1c[nH]c2cc(Cl)c(Cl)cc12)[N+](=O)[O-]. The van der Waals surface area contributed by atoms with E-state index >= 15 is 0 Å². The lowest BCUT2D eigenvalue weighted by molar-refractivity contribution is -0.422. The molecule has 2 rings (SSSR count). The highest BCUT2D eigenvalue weighted by atomic mass is 35.5. The van der Waals surface area contributed by atoms with Crippen molar-refractivity contribution < 1.29 is 4.92 Å². The van der Waals surface area contributed by atoms with Crippen LogP contribution >= 0.6 is 23.2 Å². The Bertz CT molecular complexity index is 632. The van der Waals surface area contributed by atoms with Crippen LogP contribution in [0.3, 0.4) is 0 Å². The maximum absolute atomic E-state index is 10.6. The Morgan fingerprint density at radius 1 is 1.41 bits per heavy atom. The molecule has 0 radical (unpaired) electrons. The third-order valence-electron chi connectivity index (χ3n) is 2.41. The molecule has 0 aliphatic rings. The predicted octanol–water partition coefficient (Wildman–Crippen LogP) is 4.11. The fourth-order valence-corrected chi connectivity index (χ4v) is 1.86. The Labute approximate surface area is 107 Å². The highest BCUT2D eigenvalue weighted by Crippen LogP contribution is 2.30. The zero-order chi connectivity index (χ0) is 12.6. The lowest BCUT2D eigenvalue weighted by atomic mass is 10.1. The summed E-state index contributed by atoms with van der Waals surface area (Å²) in [4.78, 5) is 13.1. The molecular weight excluding hydrogens is 263 g/mol. The number of hydrogen-bond acceptors (Lipinski definition) is 2. The summed E-state index contributed by atoms with van der Waals surface area (Å²) in [6.45, 7) is 1.44. The first-order valence-corrected chi connectivity index (χ1v) is 5.53. The molecule has 2 aromatic rings. The average molecular weight is 271 g/mol. The predicted molar refractivity (Wildman–Crippen MR) is 69.0 cm³/mol. The van der Waals surface area contributed by atoms with Gasteiger partial charge < -0.3 is 4.98 Å². The average Bonchev–Trinajstić information content (AvgIpc) is 2.62. The summed E-state index contributed by atoms with van der Waals surface area (Å²) >= 11 is 11.8. The Morgan fingerprint density at radius 3 is 2.71 bits per heavy atom. The van der Waals surface area contributed by atoms with Gasteiger partial charge in [-0.05, 0) is 12.1 Å². The number of rotatable bonds is 2. The van der Waals surface area contributed by atoms with Crippen molar-refractivity contribution in [2.75, 3.05) is 0 Å². The summed E-state index contributed by atoms with van der Waals surface area (Å²) < 4.78 is 0. The molecule has 0 aliphatic carbocycles. The van der Waals surface area contributed by atoms with Crippen LogP contribution in [0.15, 0.2) is 24.0 Å². The van der Waals surface area contributed by atoms with E-state index in [2.05, 4.69) is 4.98 Å². The van der Waals surface area contributed by atoms with Crippen LogP contribution in [0.1, 0.15) is 12.5 Å². The number of nitrogens with zero attached hydrogens (tertiary/aromatic N) is 1. The summed E-state index contributed by atoms with van der Waals surface area (Å²) in [7, 11) is 0. The van der Waals surface area contributed by atoms with Crippen molar-refractivity contribution in [1.29, 1.82) is 0 Å². The summed E-state index contributed by atoms with van der Waals surface area (Å²) in [5.41, 5.74) is 1.58. The minimum absolute atomic E-state index is 0.0666. The number of nitrogens with one attached hydrogen (secondary N) is 1. The quantitative estimate of drug-likeness (QED) is 0.659. The maximum Gasteiger partial charge on any atom is 0.243 e. The molecule has 1 aromatic heterocycles. The van der Waals surface area contributed by atoms with Crippen LogP contribution in [0.4, 0.5) is 0 Å². The van der Waals surface area contributed by atoms with Crippen molar-refractivity contribution in [3.8, 4) is 0 Å². The zero-order valence-electron chi connectivity index (χ0n) is 8.83. The molecule has 0 bridgehead atoms. The molecule has 1 heterocycles. The van der Waals surface area contributed by atoms with Gasteiger partial charge in [0.1, 0.15) is 0 Å². The lowest BCUT2D eigenvalue weighted by Gasteiger charge is -1.97. The van der Waals surface area contributed by atoms with Crippen molar-refractivity contribution in [2.45, 2.75) is 6.92 Å². The third-order valence-corrected chi connectivity index (χ3v) is 3.13. The number of hydrogen-bond donors (Lipinski definition) is 1. The molecule has 4 nitrogen and oxygen atoms in total. The van der Waals surface area contributed by atoms with Gasteiger partial charge in [-0.2, -0.15) is 0 Å². The molecule has 0 spiro atoms. The minimum Gasteiger partial charge on any atom is -0.361 e. The zero-order valence-corrected chi connectivity index (χ0v) is 10.3. The van der Waals surface area contributed by atoms with Crippen molar-refractivity contribution in [1.82, 2.24) is 4.98 Å².